The van der Waals surface area contributed by atoms with Crippen LogP contribution in [0.25, 0.3) is 10.6 Å². The van der Waals surface area contributed by atoms with E-state index in [2.05, 4.69) is 21.1 Å². The average molecular weight is 302 g/mol. The van der Waals surface area contributed by atoms with Gasteiger partial charge in [-0.1, -0.05) is 22.0 Å². The SMILES string of the molecule is O=COc1noc(-c2cccs2)c1CCBr. The molecule has 0 saturated heterocycles. The van der Waals surface area contributed by atoms with Crippen molar-refractivity contribution in [2.45, 2.75) is 6.42 Å². The molecule has 2 heterocycles. The van der Waals surface area contributed by atoms with Gasteiger partial charge >= 0.3 is 0 Å². The molecule has 2 rings (SSSR count). The summed E-state index contributed by atoms with van der Waals surface area (Å²) in [6.07, 6.45) is 0.694. The van der Waals surface area contributed by atoms with Crippen molar-refractivity contribution in [1.82, 2.24) is 5.16 Å². The highest BCUT2D eigenvalue weighted by Crippen LogP contribution is 2.33. The van der Waals surface area contributed by atoms with Gasteiger partial charge < -0.3 is 9.26 Å². The van der Waals surface area contributed by atoms with E-state index < -0.39 is 0 Å². The highest BCUT2D eigenvalue weighted by Gasteiger charge is 2.18. The molecule has 6 heteroatoms. The summed E-state index contributed by atoms with van der Waals surface area (Å²) in [5, 5.41) is 6.44. The maximum atomic E-state index is 10.3. The molecule has 0 fully saturated rings. The summed E-state index contributed by atoms with van der Waals surface area (Å²) in [4.78, 5) is 11.3. The van der Waals surface area contributed by atoms with Crippen molar-refractivity contribution in [1.29, 1.82) is 0 Å². The Labute approximate surface area is 104 Å². The molecule has 0 atom stereocenters. The zero-order valence-corrected chi connectivity index (χ0v) is 10.6. The van der Waals surface area contributed by atoms with Gasteiger partial charge in [0.15, 0.2) is 5.76 Å². The molecular weight excluding hydrogens is 294 g/mol. The Morgan fingerprint density at radius 1 is 1.62 bits per heavy atom. The maximum Gasteiger partial charge on any atom is 0.299 e. The lowest BCUT2D eigenvalue weighted by atomic mass is 10.2. The molecule has 0 radical (unpaired) electrons. The van der Waals surface area contributed by atoms with Gasteiger partial charge in [-0.05, 0) is 23.0 Å². The van der Waals surface area contributed by atoms with E-state index in [4.69, 9.17) is 9.26 Å². The topological polar surface area (TPSA) is 52.3 Å². The normalized spacial score (nSPS) is 10.3. The van der Waals surface area contributed by atoms with Crippen LogP contribution in [0.3, 0.4) is 0 Å². The molecule has 0 amide bonds. The van der Waals surface area contributed by atoms with Crippen molar-refractivity contribution in [3.05, 3.63) is 23.1 Å². The number of thiophene rings is 1. The van der Waals surface area contributed by atoms with E-state index in [1.54, 1.807) is 11.3 Å². The van der Waals surface area contributed by atoms with Crippen LogP contribution in [-0.2, 0) is 11.2 Å². The van der Waals surface area contributed by atoms with Crippen molar-refractivity contribution in [2.24, 2.45) is 0 Å². The highest BCUT2D eigenvalue weighted by atomic mass is 79.9. The molecule has 0 unspecified atom stereocenters. The van der Waals surface area contributed by atoms with Crippen LogP contribution >= 0.6 is 27.3 Å². The summed E-state index contributed by atoms with van der Waals surface area (Å²) in [7, 11) is 0. The van der Waals surface area contributed by atoms with Gasteiger partial charge in [0.25, 0.3) is 12.4 Å². The summed E-state index contributed by atoms with van der Waals surface area (Å²) < 4.78 is 9.97. The Hall–Kier alpha value is -1.14. The second-order valence-corrected chi connectivity index (χ2v) is 4.67. The van der Waals surface area contributed by atoms with Crippen molar-refractivity contribution in [2.75, 3.05) is 5.33 Å². The first-order valence-corrected chi connectivity index (χ1v) is 6.55. The van der Waals surface area contributed by atoms with Crippen LogP contribution in [0.2, 0.25) is 0 Å². The van der Waals surface area contributed by atoms with Gasteiger partial charge in [0.2, 0.25) is 0 Å². The van der Waals surface area contributed by atoms with Gasteiger partial charge in [-0.2, -0.15) is 0 Å². The first-order chi connectivity index (χ1) is 7.86. The molecule has 16 heavy (non-hydrogen) atoms. The molecule has 4 nitrogen and oxygen atoms in total. The second kappa shape index (κ2) is 5.27. The molecule has 84 valence electrons. The number of ether oxygens (including phenoxy) is 1. The van der Waals surface area contributed by atoms with Crippen LogP contribution in [-0.4, -0.2) is 17.0 Å². The van der Waals surface area contributed by atoms with E-state index >= 15 is 0 Å². The number of halogens is 1. The first kappa shape index (κ1) is 11.3. The molecule has 0 spiro atoms. The third-order valence-corrected chi connectivity index (χ3v) is 3.27. The standard InChI is InChI=1S/C10H8BrNO3S/c11-4-3-7-9(8-2-1-5-16-8)15-12-10(7)14-6-13/h1-2,5-6H,3-4H2. The lowest BCUT2D eigenvalue weighted by Gasteiger charge is -1.97. The molecular formula is C10H8BrNO3S. The van der Waals surface area contributed by atoms with E-state index in [0.29, 0.717) is 18.7 Å². The molecule has 2 aromatic heterocycles. The first-order valence-electron chi connectivity index (χ1n) is 4.55. The minimum Gasteiger partial charge on any atom is -0.406 e. The van der Waals surface area contributed by atoms with Crippen LogP contribution in [0.1, 0.15) is 5.56 Å². The Morgan fingerprint density at radius 3 is 3.12 bits per heavy atom. The van der Waals surface area contributed by atoms with Crippen LogP contribution < -0.4 is 4.74 Å². The largest absolute Gasteiger partial charge is 0.406 e. The third-order valence-electron chi connectivity index (χ3n) is 2.00. The smallest absolute Gasteiger partial charge is 0.299 e. The minimum atomic E-state index is 0.248. The number of carbonyl (C=O) groups excluding carboxylic acids is 1. The second-order valence-electron chi connectivity index (χ2n) is 2.93. The Balaban J connectivity index is 2.41. The number of aromatic nitrogens is 1. The van der Waals surface area contributed by atoms with E-state index in [1.165, 1.54) is 0 Å². The van der Waals surface area contributed by atoms with Gasteiger partial charge in [-0.3, -0.25) is 4.79 Å². The van der Waals surface area contributed by atoms with Crippen molar-refractivity contribution in [3.8, 4) is 16.5 Å². The summed E-state index contributed by atoms with van der Waals surface area (Å²) in [6.45, 7) is 0.355. The van der Waals surface area contributed by atoms with Gasteiger partial charge in [-0.15, -0.1) is 11.3 Å². The fourth-order valence-corrected chi connectivity index (χ4v) is 2.47. The van der Waals surface area contributed by atoms with E-state index in [1.807, 2.05) is 17.5 Å². The molecule has 0 aromatic carbocycles. The number of carbonyl (C=O) groups is 1. The quantitative estimate of drug-likeness (QED) is 0.629. The Morgan fingerprint density at radius 2 is 2.50 bits per heavy atom. The molecule has 0 bridgehead atoms. The maximum absolute atomic E-state index is 10.3. The molecule has 2 aromatic rings. The summed E-state index contributed by atoms with van der Waals surface area (Å²) >= 11 is 4.90. The highest BCUT2D eigenvalue weighted by molar-refractivity contribution is 9.09. The number of rotatable bonds is 5. The van der Waals surface area contributed by atoms with E-state index in [0.717, 1.165) is 15.8 Å². The third kappa shape index (κ3) is 2.17. The Kier molecular flexibility index (Phi) is 3.74. The summed E-state index contributed by atoms with van der Waals surface area (Å²) in [6, 6.07) is 3.87. The van der Waals surface area contributed by atoms with Crippen molar-refractivity contribution >= 4 is 33.7 Å². The van der Waals surface area contributed by atoms with Crippen molar-refractivity contribution in [3.63, 3.8) is 0 Å². The number of hydrogen-bond donors (Lipinski definition) is 0. The zero-order chi connectivity index (χ0) is 11.4. The number of hydrogen-bond acceptors (Lipinski definition) is 5. The summed E-state index contributed by atoms with van der Waals surface area (Å²) in [5.74, 6) is 0.921. The number of alkyl halides is 1. The average Bonchev–Trinajstić information content (AvgIpc) is 2.89. The summed E-state index contributed by atoms with van der Waals surface area (Å²) in [5.41, 5.74) is 0.812. The van der Waals surface area contributed by atoms with E-state index in [9.17, 15) is 4.79 Å². The van der Waals surface area contributed by atoms with E-state index in [-0.39, 0.29) is 5.88 Å². The van der Waals surface area contributed by atoms with Crippen LogP contribution in [0.4, 0.5) is 0 Å². The van der Waals surface area contributed by atoms with Crippen molar-refractivity contribution < 1.29 is 14.1 Å². The Bertz CT molecular complexity index is 466. The molecule has 0 saturated carbocycles. The zero-order valence-electron chi connectivity index (χ0n) is 8.18. The molecule has 0 aliphatic heterocycles. The monoisotopic (exact) mass is 301 g/mol. The molecule has 0 N–H and O–H groups in total. The van der Waals surface area contributed by atoms with Gasteiger partial charge in [0.05, 0.1) is 10.4 Å². The van der Waals surface area contributed by atoms with Crippen LogP contribution in [0.5, 0.6) is 5.88 Å². The predicted octanol–water partition coefficient (Wildman–Crippen LogP) is 2.88. The fourth-order valence-electron chi connectivity index (χ4n) is 1.35. The van der Waals surface area contributed by atoms with Gasteiger partial charge in [-0.25, -0.2) is 0 Å². The van der Waals surface area contributed by atoms with Crippen LogP contribution in [0.15, 0.2) is 22.0 Å². The van der Waals surface area contributed by atoms with Crippen LogP contribution in [0, 0.1) is 0 Å². The fraction of sp³-hybridized carbons (Fsp3) is 0.200. The predicted molar refractivity (Wildman–Crippen MR) is 64.0 cm³/mol. The molecule has 0 aliphatic carbocycles. The lowest BCUT2D eigenvalue weighted by Crippen LogP contribution is -1.94. The lowest BCUT2D eigenvalue weighted by molar-refractivity contribution is -0.121. The minimum absolute atomic E-state index is 0.248. The molecule has 0 aliphatic rings. The van der Waals surface area contributed by atoms with Gasteiger partial charge in [0.1, 0.15) is 0 Å². The van der Waals surface area contributed by atoms with Gasteiger partial charge in [0, 0.05) is 5.33 Å². The number of nitrogens with zero attached hydrogens (tertiary/aromatic N) is 1.